The molecule has 0 aliphatic rings. The zero-order valence-electron chi connectivity index (χ0n) is 11.8. The Hall–Kier alpha value is -1.30. The summed E-state index contributed by atoms with van der Waals surface area (Å²) < 4.78 is 30.1. The molecular weight excluding hydrogens is 328 g/mol. The summed E-state index contributed by atoms with van der Waals surface area (Å²) in [5, 5.41) is 8.48. The maximum absolute atomic E-state index is 14.3. The molecule has 0 amide bonds. The fraction of sp³-hybridized carbons (Fsp3) is 0.429. The van der Waals surface area contributed by atoms with E-state index in [2.05, 4.69) is 26.1 Å². The van der Waals surface area contributed by atoms with E-state index in [1.165, 1.54) is 12.1 Å². The monoisotopic (exact) mass is 343 g/mol. The normalized spacial score (nSPS) is 11.9. The maximum Gasteiger partial charge on any atom is 0.170 e. The van der Waals surface area contributed by atoms with Crippen LogP contribution in [-0.2, 0) is 10.9 Å². The van der Waals surface area contributed by atoms with E-state index < -0.39 is 11.6 Å². The fourth-order valence-corrected chi connectivity index (χ4v) is 2.49. The molecule has 3 nitrogen and oxygen atoms in total. The van der Waals surface area contributed by atoms with Gasteiger partial charge in [-0.2, -0.15) is 0 Å². The van der Waals surface area contributed by atoms with Crippen molar-refractivity contribution in [3.05, 3.63) is 35.2 Å². The van der Waals surface area contributed by atoms with Crippen LogP contribution in [0.3, 0.4) is 0 Å². The Morgan fingerprint density at radius 3 is 2.40 bits per heavy atom. The molecule has 0 saturated heterocycles. The number of benzene rings is 1. The Balaban J connectivity index is 2.78. The smallest absolute Gasteiger partial charge is 0.170 e. The van der Waals surface area contributed by atoms with Gasteiger partial charge in [0.15, 0.2) is 5.82 Å². The maximum atomic E-state index is 14.3. The zero-order valence-corrected chi connectivity index (χ0v) is 13.4. The van der Waals surface area contributed by atoms with Crippen LogP contribution in [0.15, 0.2) is 12.1 Å². The van der Waals surface area contributed by atoms with E-state index in [1.807, 2.05) is 20.8 Å². The van der Waals surface area contributed by atoms with Gasteiger partial charge < -0.3 is 4.57 Å². The van der Waals surface area contributed by atoms with Gasteiger partial charge >= 0.3 is 0 Å². The van der Waals surface area contributed by atoms with Gasteiger partial charge in [-0.15, -0.1) is 10.2 Å². The van der Waals surface area contributed by atoms with E-state index in [0.29, 0.717) is 16.7 Å². The number of nitrogens with zero attached hydrogens (tertiary/aromatic N) is 3. The molecule has 2 rings (SSSR count). The standard InChI is InChI=1S/C14H16BrF2N3/c1-8-5-6-9(16)11(12(8)17)13-19-18-10(7-15)20(13)14(2,3)4/h5-6H,7H2,1-4H3. The van der Waals surface area contributed by atoms with Gasteiger partial charge in [-0.1, -0.05) is 22.0 Å². The topological polar surface area (TPSA) is 30.7 Å². The van der Waals surface area contributed by atoms with Crippen LogP contribution < -0.4 is 0 Å². The molecule has 0 aliphatic heterocycles. The van der Waals surface area contributed by atoms with Crippen molar-refractivity contribution >= 4 is 15.9 Å². The van der Waals surface area contributed by atoms with Gasteiger partial charge in [-0.05, 0) is 39.3 Å². The van der Waals surface area contributed by atoms with Crippen molar-refractivity contribution in [3.8, 4) is 11.4 Å². The number of alkyl halides is 1. The van der Waals surface area contributed by atoms with Crippen molar-refractivity contribution in [2.24, 2.45) is 0 Å². The molecule has 108 valence electrons. The molecule has 0 fully saturated rings. The van der Waals surface area contributed by atoms with Crippen LogP contribution >= 0.6 is 15.9 Å². The molecule has 0 spiro atoms. The molecule has 0 N–H and O–H groups in total. The summed E-state index contributed by atoms with van der Waals surface area (Å²) in [6.45, 7) is 7.42. The van der Waals surface area contributed by atoms with Gasteiger partial charge in [-0.25, -0.2) is 8.78 Å². The molecule has 0 bridgehead atoms. The molecule has 1 heterocycles. The molecule has 0 aliphatic carbocycles. The number of halogens is 3. The van der Waals surface area contributed by atoms with Crippen molar-refractivity contribution in [1.82, 2.24) is 14.8 Å². The number of hydrogen-bond donors (Lipinski definition) is 0. The summed E-state index contributed by atoms with van der Waals surface area (Å²) in [5.74, 6) is -0.380. The van der Waals surface area contributed by atoms with E-state index in [9.17, 15) is 8.78 Å². The molecule has 1 aromatic heterocycles. The Morgan fingerprint density at radius 1 is 1.20 bits per heavy atom. The van der Waals surface area contributed by atoms with Crippen molar-refractivity contribution in [3.63, 3.8) is 0 Å². The minimum Gasteiger partial charge on any atom is -0.305 e. The minimum absolute atomic E-state index is 0.125. The lowest BCUT2D eigenvalue weighted by molar-refractivity contribution is 0.389. The van der Waals surface area contributed by atoms with Gasteiger partial charge in [-0.3, -0.25) is 0 Å². The largest absolute Gasteiger partial charge is 0.305 e. The Morgan fingerprint density at radius 2 is 1.85 bits per heavy atom. The van der Waals surface area contributed by atoms with Crippen molar-refractivity contribution in [2.45, 2.75) is 38.6 Å². The lowest BCUT2D eigenvalue weighted by Crippen LogP contribution is -2.25. The van der Waals surface area contributed by atoms with Crippen LogP contribution in [-0.4, -0.2) is 14.8 Å². The third-order valence-corrected chi connectivity index (χ3v) is 3.53. The zero-order chi connectivity index (χ0) is 15.1. The summed E-state index contributed by atoms with van der Waals surface area (Å²) in [7, 11) is 0. The van der Waals surface area contributed by atoms with E-state index in [0.717, 1.165) is 0 Å². The predicted octanol–water partition coefficient (Wildman–Crippen LogP) is 4.18. The first-order valence-electron chi connectivity index (χ1n) is 6.23. The third kappa shape index (κ3) is 2.49. The number of aromatic nitrogens is 3. The fourth-order valence-electron chi connectivity index (χ4n) is 2.13. The summed E-state index contributed by atoms with van der Waals surface area (Å²) in [6, 6.07) is 2.67. The van der Waals surface area contributed by atoms with Crippen molar-refractivity contribution < 1.29 is 8.78 Å². The lowest BCUT2D eigenvalue weighted by atomic mass is 10.1. The van der Waals surface area contributed by atoms with Crippen molar-refractivity contribution in [1.29, 1.82) is 0 Å². The average Bonchev–Trinajstić information content (AvgIpc) is 2.78. The Labute approximate surface area is 125 Å². The van der Waals surface area contributed by atoms with Crippen LogP contribution in [0.25, 0.3) is 11.4 Å². The average molecular weight is 344 g/mol. The van der Waals surface area contributed by atoms with Gasteiger partial charge in [0.25, 0.3) is 0 Å². The Bertz CT molecular complexity index is 645. The van der Waals surface area contributed by atoms with E-state index >= 15 is 0 Å². The van der Waals surface area contributed by atoms with Crippen LogP contribution in [0.1, 0.15) is 32.2 Å². The molecule has 2 aromatic rings. The number of aryl methyl sites for hydroxylation is 1. The highest BCUT2D eigenvalue weighted by Gasteiger charge is 2.27. The van der Waals surface area contributed by atoms with E-state index in [1.54, 1.807) is 11.5 Å². The highest BCUT2D eigenvalue weighted by molar-refractivity contribution is 9.08. The molecule has 0 saturated carbocycles. The first-order chi connectivity index (χ1) is 9.27. The van der Waals surface area contributed by atoms with Crippen LogP contribution in [0.2, 0.25) is 0 Å². The van der Waals surface area contributed by atoms with Gasteiger partial charge in [0.2, 0.25) is 0 Å². The van der Waals surface area contributed by atoms with Gasteiger partial charge in [0, 0.05) is 5.54 Å². The molecule has 0 radical (unpaired) electrons. The van der Waals surface area contributed by atoms with Crippen LogP contribution in [0.4, 0.5) is 8.78 Å². The van der Waals surface area contributed by atoms with Crippen LogP contribution in [0, 0.1) is 18.6 Å². The predicted molar refractivity (Wildman–Crippen MR) is 77.7 cm³/mol. The number of hydrogen-bond acceptors (Lipinski definition) is 2. The number of rotatable bonds is 2. The molecule has 0 unspecified atom stereocenters. The minimum atomic E-state index is -0.632. The molecule has 20 heavy (non-hydrogen) atoms. The van der Waals surface area contributed by atoms with E-state index in [-0.39, 0.29) is 16.9 Å². The second-order valence-electron chi connectivity index (χ2n) is 5.63. The molecule has 6 heteroatoms. The summed E-state index contributed by atoms with van der Waals surface area (Å²) in [5.41, 5.74) is -0.130. The second-order valence-corrected chi connectivity index (χ2v) is 6.19. The van der Waals surface area contributed by atoms with E-state index in [4.69, 9.17) is 0 Å². The molecular formula is C14H16BrF2N3. The first kappa shape index (κ1) is 15.1. The molecule has 0 atom stereocenters. The quantitative estimate of drug-likeness (QED) is 0.765. The SMILES string of the molecule is Cc1ccc(F)c(-c2nnc(CBr)n2C(C)(C)C)c1F. The lowest BCUT2D eigenvalue weighted by Gasteiger charge is -2.25. The summed E-state index contributed by atoms with van der Waals surface area (Å²) in [6.07, 6.45) is 0. The van der Waals surface area contributed by atoms with Gasteiger partial charge in [0.1, 0.15) is 17.5 Å². The first-order valence-corrected chi connectivity index (χ1v) is 7.35. The Kier molecular flexibility index (Phi) is 3.95. The van der Waals surface area contributed by atoms with Gasteiger partial charge in [0.05, 0.1) is 10.9 Å². The molecule has 1 aromatic carbocycles. The third-order valence-electron chi connectivity index (χ3n) is 3.03. The van der Waals surface area contributed by atoms with Crippen LogP contribution in [0.5, 0.6) is 0 Å². The highest BCUT2D eigenvalue weighted by Crippen LogP contribution is 2.31. The summed E-state index contributed by atoms with van der Waals surface area (Å²) in [4.78, 5) is 0. The summed E-state index contributed by atoms with van der Waals surface area (Å²) >= 11 is 3.33. The highest BCUT2D eigenvalue weighted by atomic mass is 79.9. The second kappa shape index (κ2) is 5.24. The van der Waals surface area contributed by atoms with Crippen molar-refractivity contribution in [2.75, 3.05) is 0 Å².